The number of nitrogens with one attached hydrogen (secondary N) is 1. The Bertz CT molecular complexity index is 155. The van der Waals surface area contributed by atoms with Gasteiger partial charge in [0, 0.05) is 25.5 Å². The molecule has 0 aromatic rings. The number of hydrogen-bond donors (Lipinski definition) is 1. The lowest BCUT2D eigenvalue weighted by Gasteiger charge is -2.12. The fourth-order valence-electron chi connectivity index (χ4n) is 1.18. The molecule has 2 nitrogen and oxygen atoms in total. The van der Waals surface area contributed by atoms with Gasteiger partial charge in [-0.1, -0.05) is 40.2 Å². The lowest BCUT2D eigenvalue weighted by molar-refractivity contribution is 0.128. The van der Waals surface area contributed by atoms with E-state index in [-0.39, 0.29) is 0 Å². The molecule has 0 amide bonds. The molecule has 15 heavy (non-hydrogen) atoms. The minimum Gasteiger partial charge on any atom is -0.389 e. The molecule has 0 bridgehead atoms. The molecule has 2 heteroatoms. The summed E-state index contributed by atoms with van der Waals surface area (Å²) in [5.74, 6) is 0.524. The van der Waals surface area contributed by atoms with Crippen LogP contribution in [-0.4, -0.2) is 19.8 Å². The number of hydrogen-bond acceptors (Lipinski definition) is 2. The van der Waals surface area contributed by atoms with Crippen molar-refractivity contribution < 1.29 is 4.74 Å². The van der Waals surface area contributed by atoms with E-state index in [2.05, 4.69) is 32.7 Å². The predicted octanol–water partition coefficient (Wildman–Crippen LogP) is 3.34. The van der Waals surface area contributed by atoms with Gasteiger partial charge in [-0.3, -0.25) is 0 Å². The second kappa shape index (κ2) is 10.0. The average molecular weight is 213 g/mol. The van der Waals surface area contributed by atoms with Crippen LogP contribution in [0.15, 0.2) is 12.3 Å². The molecule has 0 aliphatic heterocycles. The normalized spacial score (nSPS) is 10.7. The van der Waals surface area contributed by atoms with Gasteiger partial charge in [0.05, 0.1) is 0 Å². The van der Waals surface area contributed by atoms with E-state index in [1.807, 2.05) is 0 Å². The topological polar surface area (TPSA) is 21.3 Å². The van der Waals surface area contributed by atoms with Crippen molar-refractivity contribution in [1.82, 2.24) is 5.32 Å². The van der Waals surface area contributed by atoms with Crippen LogP contribution >= 0.6 is 0 Å². The molecular formula is C13H27NO. The smallest absolute Gasteiger partial charge is 0.0482 e. The van der Waals surface area contributed by atoms with Crippen LogP contribution in [0.5, 0.6) is 0 Å². The summed E-state index contributed by atoms with van der Waals surface area (Å²) in [5, 5.41) is 3.31. The number of allylic oxidation sites excluding steroid dienone is 1. The van der Waals surface area contributed by atoms with Crippen molar-refractivity contribution in [3.63, 3.8) is 0 Å². The molecule has 0 aliphatic carbocycles. The highest BCUT2D eigenvalue weighted by atomic mass is 16.5. The van der Waals surface area contributed by atoms with E-state index in [4.69, 9.17) is 4.74 Å². The zero-order valence-electron chi connectivity index (χ0n) is 10.6. The Kier molecular flexibility index (Phi) is 9.70. The van der Waals surface area contributed by atoms with Gasteiger partial charge in [-0.25, -0.2) is 0 Å². The first-order valence-electron chi connectivity index (χ1n) is 6.18. The Morgan fingerprint density at radius 1 is 1.20 bits per heavy atom. The molecule has 0 aromatic heterocycles. The standard InChI is InChI=1S/C13H27NO/c1-5-6-7-10-15-11-8-9-14-13(4)12(2)3/h12,14H,4-11H2,1-3H3. The highest BCUT2D eigenvalue weighted by Gasteiger charge is 1.97. The third kappa shape index (κ3) is 9.80. The first kappa shape index (κ1) is 14.5. The molecule has 0 aliphatic rings. The van der Waals surface area contributed by atoms with Crippen LogP contribution in [0.2, 0.25) is 0 Å². The summed E-state index contributed by atoms with van der Waals surface area (Å²) < 4.78 is 5.51. The van der Waals surface area contributed by atoms with Gasteiger partial charge in [0.25, 0.3) is 0 Å². The van der Waals surface area contributed by atoms with Gasteiger partial charge >= 0.3 is 0 Å². The van der Waals surface area contributed by atoms with E-state index < -0.39 is 0 Å². The van der Waals surface area contributed by atoms with E-state index in [1.54, 1.807) is 0 Å². The van der Waals surface area contributed by atoms with Gasteiger partial charge in [0.2, 0.25) is 0 Å². The first-order valence-corrected chi connectivity index (χ1v) is 6.18. The van der Waals surface area contributed by atoms with E-state index in [0.717, 1.165) is 31.9 Å². The van der Waals surface area contributed by atoms with Crippen LogP contribution in [0.4, 0.5) is 0 Å². The number of rotatable bonds is 10. The van der Waals surface area contributed by atoms with E-state index in [0.29, 0.717) is 5.92 Å². The van der Waals surface area contributed by atoms with Crippen LogP contribution in [0.1, 0.15) is 46.5 Å². The lowest BCUT2D eigenvalue weighted by atomic mass is 10.1. The summed E-state index contributed by atoms with van der Waals surface area (Å²) in [7, 11) is 0. The summed E-state index contributed by atoms with van der Waals surface area (Å²) in [4.78, 5) is 0. The number of ether oxygens (including phenoxy) is 1. The SMILES string of the molecule is C=C(NCCCOCCCCC)C(C)C. The minimum absolute atomic E-state index is 0.524. The van der Waals surface area contributed by atoms with Crippen LogP contribution in [0.3, 0.4) is 0 Å². The maximum absolute atomic E-state index is 5.51. The summed E-state index contributed by atoms with van der Waals surface area (Å²) >= 11 is 0. The van der Waals surface area contributed by atoms with Gasteiger partial charge in [-0.2, -0.15) is 0 Å². The van der Waals surface area contributed by atoms with Crippen molar-refractivity contribution in [3.8, 4) is 0 Å². The maximum Gasteiger partial charge on any atom is 0.0482 e. The molecule has 0 heterocycles. The zero-order chi connectivity index (χ0) is 11.5. The molecule has 0 atom stereocenters. The van der Waals surface area contributed by atoms with Gasteiger partial charge in [0.1, 0.15) is 0 Å². The van der Waals surface area contributed by atoms with Crippen LogP contribution in [0.25, 0.3) is 0 Å². The zero-order valence-corrected chi connectivity index (χ0v) is 10.6. The molecule has 0 saturated carbocycles. The van der Waals surface area contributed by atoms with Gasteiger partial charge < -0.3 is 10.1 Å². The molecule has 0 radical (unpaired) electrons. The average Bonchev–Trinajstić information content (AvgIpc) is 2.21. The maximum atomic E-state index is 5.51. The molecule has 0 unspecified atom stereocenters. The van der Waals surface area contributed by atoms with Crippen molar-refractivity contribution >= 4 is 0 Å². The second-order valence-corrected chi connectivity index (χ2v) is 4.28. The minimum atomic E-state index is 0.524. The Balaban J connectivity index is 3.08. The molecular weight excluding hydrogens is 186 g/mol. The lowest BCUT2D eigenvalue weighted by Crippen LogP contribution is -2.19. The summed E-state index contributed by atoms with van der Waals surface area (Å²) in [6, 6.07) is 0. The largest absolute Gasteiger partial charge is 0.389 e. The van der Waals surface area contributed by atoms with Crippen molar-refractivity contribution in [3.05, 3.63) is 12.3 Å². The quantitative estimate of drug-likeness (QED) is 0.562. The number of unbranched alkanes of at least 4 members (excludes halogenated alkanes) is 2. The predicted molar refractivity (Wildman–Crippen MR) is 66.9 cm³/mol. The third-order valence-electron chi connectivity index (χ3n) is 2.41. The summed E-state index contributed by atoms with van der Waals surface area (Å²) in [5.41, 5.74) is 1.13. The van der Waals surface area contributed by atoms with Gasteiger partial charge in [-0.15, -0.1) is 0 Å². The third-order valence-corrected chi connectivity index (χ3v) is 2.41. The molecule has 0 rings (SSSR count). The van der Waals surface area contributed by atoms with Crippen molar-refractivity contribution in [2.75, 3.05) is 19.8 Å². The molecule has 0 saturated heterocycles. The van der Waals surface area contributed by atoms with Crippen molar-refractivity contribution in [2.24, 2.45) is 5.92 Å². The monoisotopic (exact) mass is 213 g/mol. The van der Waals surface area contributed by atoms with Gasteiger partial charge in [-0.05, 0) is 18.8 Å². The van der Waals surface area contributed by atoms with Crippen LogP contribution in [0, 0.1) is 5.92 Å². The van der Waals surface area contributed by atoms with Gasteiger partial charge in [0.15, 0.2) is 0 Å². The van der Waals surface area contributed by atoms with Crippen molar-refractivity contribution in [2.45, 2.75) is 46.5 Å². The van der Waals surface area contributed by atoms with E-state index >= 15 is 0 Å². The molecule has 0 aromatic carbocycles. The second-order valence-electron chi connectivity index (χ2n) is 4.28. The van der Waals surface area contributed by atoms with E-state index in [1.165, 1.54) is 19.3 Å². The van der Waals surface area contributed by atoms with Crippen LogP contribution in [-0.2, 0) is 4.74 Å². The first-order chi connectivity index (χ1) is 7.18. The molecule has 0 spiro atoms. The molecule has 1 N–H and O–H groups in total. The summed E-state index contributed by atoms with van der Waals surface area (Å²) in [6.45, 7) is 13.2. The molecule has 90 valence electrons. The fourth-order valence-corrected chi connectivity index (χ4v) is 1.18. The Morgan fingerprint density at radius 3 is 2.47 bits per heavy atom. The van der Waals surface area contributed by atoms with E-state index in [9.17, 15) is 0 Å². The molecule has 0 fully saturated rings. The van der Waals surface area contributed by atoms with Crippen LogP contribution < -0.4 is 5.32 Å². The highest BCUT2D eigenvalue weighted by Crippen LogP contribution is 2.01. The Labute approximate surface area is 95.1 Å². The Hall–Kier alpha value is -0.500. The summed E-state index contributed by atoms with van der Waals surface area (Å²) in [6.07, 6.45) is 4.81. The highest BCUT2D eigenvalue weighted by molar-refractivity contribution is 4.93. The Morgan fingerprint density at radius 2 is 1.87 bits per heavy atom. The fraction of sp³-hybridized carbons (Fsp3) is 0.846. The van der Waals surface area contributed by atoms with Crippen molar-refractivity contribution in [1.29, 1.82) is 0 Å².